The van der Waals surface area contributed by atoms with Crippen LogP contribution in [0.3, 0.4) is 0 Å². The van der Waals surface area contributed by atoms with E-state index in [1.54, 1.807) is 18.2 Å². The highest BCUT2D eigenvalue weighted by Gasteiger charge is 2.08. The normalized spacial score (nSPS) is 10.6. The Bertz CT molecular complexity index is 380. The summed E-state index contributed by atoms with van der Waals surface area (Å²) in [5.41, 5.74) is 2.30. The number of carbonyl (C=O) groups is 1. The SMILES string of the molecule is COC(=O)c1cc(C=CCO)ccc1C. The highest BCUT2D eigenvalue weighted by molar-refractivity contribution is 5.91. The zero-order valence-corrected chi connectivity index (χ0v) is 8.86. The molecule has 0 atom stereocenters. The third kappa shape index (κ3) is 2.92. The molecule has 0 fully saturated rings. The monoisotopic (exact) mass is 206 g/mol. The molecular weight excluding hydrogens is 192 g/mol. The number of hydrogen-bond donors (Lipinski definition) is 1. The van der Waals surface area contributed by atoms with Crippen LogP contribution in [0.2, 0.25) is 0 Å². The van der Waals surface area contributed by atoms with Crippen molar-refractivity contribution in [2.45, 2.75) is 6.92 Å². The molecule has 15 heavy (non-hydrogen) atoms. The molecule has 0 amide bonds. The minimum absolute atomic E-state index is 0.0125. The molecule has 1 rings (SSSR count). The number of hydrogen-bond acceptors (Lipinski definition) is 3. The molecule has 0 aliphatic rings. The Morgan fingerprint density at radius 1 is 1.53 bits per heavy atom. The van der Waals surface area contributed by atoms with E-state index in [0.717, 1.165) is 11.1 Å². The molecule has 1 aromatic rings. The molecule has 1 N–H and O–H groups in total. The van der Waals surface area contributed by atoms with Gasteiger partial charge in [0.15, 0.2) is 0 Å². The summed E-state index contributed by atoms with van der Waals surface area (Å²) in [6.07, 6.45) is 3.37. The number of aryl methyl sites for hydroxylation is 1. The van der Waals surface area contributed by atoms with Crippen molar-refractivity contribution in [1.82, 2.24) is 0 Å². The van der Waals surface area contributed by atoms with Gasteiger partial charge in [0.25, 0.3) is 0 Å². The van der Waals surface area contributed by atoms with Gasteiger partial charge in [0.05, 0.1) is 19.3 Å². The predicted octanol–water partition coefficient (Wildman–Crippen LogP) is 1.79. The van der Waals surface area contributed by atoms with Crippen LogP contribution >= 0.6 is 0 Å². The first-order chi connectivity index (χ1) is 7.19. The van der Waals surface area contributed by atoms with Crippen molar-refractivity contribution in [3.63, 3.8) is 0 Å². The maximum absolute atomic E-state index is 11.4. The van der Waals surface area contributed by atoms with Crippen molar-refractivity contribution >= 4 is 12.0 Å². The molecule has 0 aliphatic heterocycles. The van der Waals surface area contributed by atoms with E-state index in [0.29, 0.717) is 5.56 Å². The first kappa shape index (κ1) is 11.5. The summed E-state index contributed by atoms with van der Waals surface area (Å²) in [6.45, 7) is 1.84. The summed E-state index contributed by atoms with van der Waals surface area (Å²) in [5, 5.41) is 8.63. The maximum Gasteiger partial charge on any atom is 0.338 e. The molecule has 0 spiro atoms. The van der Waals surface area contributed by atoms with Crippen LogP contribution in [-0.4, -0.2) is 24.8 Å². The van der Waals surface area contributed by atoms with E-state index in [4.69, 9.17) is 5.11 Å². The largest absolute Gasteiger partial charge is 0.465 e. The number of ether oxygens (including phenoxy) is 1. The van der Waals surface area contributed by atoms with Gasteiger partial charge in [0.2, 0.25) is 0 Å². The minimum atomic E-state index is -0.341. The number of esters is 1. The van der Waals surface area contributed by atoms with E-state index in [1.807, 2.05) is 19.1 Å². The third-order valence-corrected chi connectivity index (χ3v) is 2.08. The molecule has 0 heterocycles. The number of aliphatic hydroxyl groups excluding tert-OH is 1. The van der Waals surface area contributed by atoms with Gasteiger partial charge in [-0.15, -0.1) is 0 Å². The van der Waals surface area contributed by atoms with Gasteiger partial charge in [0.1, 0.15) is 0 Å². The lowest BCUT2D eigenvalue weighted by atomic mass is 10.0. The number of rotatable bonds is 3. The Balaban J connectivity index is 3.05. The fourth-order valence-electron chi connectivity index (χ4n) is 1.26. The second-order valence-electron chi connectivity index (χ2n) is 3.15. The van der Waals surface area contributed by atoms with E-state index in [9.17, 15) is 4.79 Å². The molecule has 0 radical (unpaired) electrons. The van der Waals surface area contributed by atoms with Crippen LogP contribution < -0.4 is 0 Å². The maximum atomic E-state index is 11.4. The highest BCUT2D eigenvalue weighted by atomic mass is 16.5. The number of carbonyl (C=O) groups excluding carboxylic acids is 1. The van der Waals surface area contributed by atoms with Crippen LogP contribution in [0.4, 0.5) is 0 Å². The highest BCUT2D eigenvalue weighted by Crippen LogP contribution is 2.13. The van der Waals surface area contributed by atoms with Crippen molar-refractivity contribution in [2.75, 3.05) is 13.7 Å². The summed E-state index contributed by atoms with van der Waals surface area (Å²) in [4.78, 5) is 11.4. The van der Waals surface area contributed by atoms with Gasteiger partial charge in [-0.1, -0.05) is 24.3 Å². The summed E-state index contributed by atoms with van der Waals surface area (Å²) >= 11 is 0. The molecule has 0 saturated heterocycles. The molecule has 0 aliphatic carbocycles. The Hall–Kier alpha value is -1.61. The number of benzene rings is 1. The van der Waals surface area contributed by atoms with Crippen LogP contribution in [0.25, 0.3) is 6.08 Å². The van der Waals surface area contributed by atoms with Crippen LogP contribution in [0.5, 0.6) is 0 Å². The Labute approximate surface area is 89.0 Å². The molecule has 80 valence electrons. The van der Waals surface area contributed by atoms with Crippen molar-refractivity contribution in [3.05, 3.63) is 41.0 Å². The van der Waals surface area contributed by atoms with Gasteiger partial charge in [-0.3, -0.25) is 0 Å². The lowest BCUT2D eigenvalue weighted by Crippen LogP contribution is -2.03. The summed E-state index contributed by atoms with van der Waals surface area (Å²) in [5.74, 6) is -0.341. The zero-order valence-electron chi connectivity index (χ0n) is 8.86. The Morgan fingerprint density at radius 2 is 2.27 bits per heavy atom. The van der Waals surface area contributed by atoms with E-state index < -0.39 is 0 Å². The standard InChI is InChI=1S/C12H14O3/c1-9-5-6-10(4-3-7-13)8-11(9)12(14)15-2/h3-6,8,13H,7H2,1-2H3. The van der Waals surface area contributed by atoms with E-state index >= 15 is 0 Å². The summed E-state index contributed by atoms with van der Waals surface area (Å²) in [6, 6.07) is 5.48. The topological polar surface area (TPSA) is 46.5 Å². The molecule has 3 nitrogen and oxygen atoms in total. The van der Waals surface area contributed by atoms with E-state index in [1.165, 1.54) is 7.11 Å². The average Bonchev–Trinajstić information content (AvgIpc) is 2.27. The zero-order chi connectivity index (χ0) is 11.3. The quantitative estimate of drug-likeness (QED) is 0.767. The van der Waals surface area contributed by atoms with Crippen LogP contribution in [0.15, 0.2) is 24.3 Å². The number of methoxy groups -OCH3 is 1. The smallest absolute Gasteiger partial charge is 0.338 e. The second kappa shape index (κ2) is 5.32. The average molecular weight is 206 g/mol. The molecule has 0 unspecified atom stereocenters. The molecular formula is C12H14O3. The van der Waals surface area contributed by atoms with Crippen molar-refractivity contribution in [2.24, 2.45) is 0 Å². The molecule has 0 bridgehead atoms. The van der Waals surface area contributed by atoms with Crippen LogP contribution in [0.1, 0.15) is 21.5 Å². The van der Waals surface area contributed by atoms with Crippen molar-refractivity contribution in [1.29, 1.82) is 0 Å². The first-order valence-corrected chi connectivity index (χ1v) is 4.65. The molecule has 0 saturated carbocycles. The summed E-state index contributed by atoms with van der Waals surface area (Å²) < 4.78 is 4.66. The second-order valence-corrected chi connectivity index (χ2v) is 3.15. The van der Waals surface area contributed by atoms with Gasteiger partial charge >= 0.3 is 5.97 Å². The van der Waals surface area contributed by atoms with E-state index in [-0.39, 0.29) is 12.6 Å². The fourth-order valence-corrected chi connectivity index (χ4v) is 1.26. The van der Waals surface area contributed by atoms with Gasteiger partial charge < -0.3 is 9.84 Å². The third-order valence-electron chi connectivity index (χ3n) is 2.08. The Morgan fingerprint density at radius 3 is 2.87 bits per heavy atom. The Kier molecular flexibility index (Phi) is 4.06. The van der Waals surface area contributed by atoms with Crippen LogP contribution in [-0.2, 0) is 4.74 Å². The van der Waals surface area contributed by atoms with Gasteiger partial charge in [0, 0.05) is 0 Å². The lowest BCUT2D eigenvalue weighted by molar-refractivity contribution is 0.0600. The molecule has 3 heteroatoms. The van der Waals surface area contributed by atoms with E-state index in [2.05, 4.69) is 4.74 Å². The predicted molar refractivity (Wildman–Crippen MR) is 58.6 cm³/mol. The number of aliphatic hydroxyl groups is 1. The molecule has 1 aromatic carbocycles. The van der Waals surface area contributed by atoms with Gasteiger partial charge in [-0.05, 0) is 24.1 Å². The van der Waals surface area contributed by atoms with Crippen molar-refractivity contribution < 1.29 is 14.6 Å². The minimum Gasteiger partial charge on any atom is -0.465 e. The summed E-state index contributed by atoms with van der Waals surface area (Å²) in [7, 11) is 1.36. The van der Waals surface area contributed by atoms with Crippen molar-refractivity contribution in [3.8, 4) is 0 Å². The lowest BCUT2D eigenvalue weighted by Gasteiger charge is -2.04. The first-order valence-electron chi connectivity index (χ1n) is 4.65. The fraction of sp³-hybridized carbons (Fsp3) is 0.250. The van der Waals surface area contributed by atoms with Gasteiger partial charge in [-0.2, -0.15) is 0 Å². The molecule has 0 aromatic heterocycles. The van der Waals surface area contributed by atoms with Gasteiger partial charge in [-0.25, -0.2) is 4.79 Å². The van der Waals surface area contributed by atoms with Crippen LogP contribution in [0, 0.1) is 6.92 Å².